The number of carbonyl (C=O) groups is 1. The fourth-order valence-corrected chi connectivity index (χ4v) is 2.33. The fraction of sp³-hybridized carbons (Fsp3) is 0.471. The number of nitrogens with zero attached hydrogens (tertiary/aromatic N) is 1. The highest BCUT2D eigenvalue weighted by atomic mass is 16.6. The van der Waals surface area contributed by atoms with E-state index in [0.29, 0.717) is 0 Å². The number of rotatable bonds is 2. The van der Waals surface area contributed by atoms with Crippen LogP contribution in [0.1, 0.15) is 39.2 Å². The summed E-state index contributed by atoms with van der Waals surface area (Å²) in [7, 11) is 0. The van der Waals surface area contributed by atoms with Gasteiger partial charge in [-0.25, -0.2) is 4.79 Å². The monoisotopic (exact) mass is 273 g/mol. The molecule has 0 bridgehead atoms. The first kappa shape index (κ1) is 14.6. The molecule has 108 valence electrons. The zero-order valence-electron chi connectivity index (χ0n) is 12.5. The van der Waals surface area contributed by atoms with E-state index < -0.39 is 5.60 Å². The van der Waals surface area contributed by atoms with Crippen LogP contribution in [-0.4, -0.2) is 29.2 Å². The zero-order chi connectivity index (χ0) is 14.6. The molecule has 0 saturated carbocycles. The van der Waals surface area contributed by atoms with Crippen LogP contribution in [0.3, 0.4) is 0 Å². The number of benzene rings is 1. The highest BCUT2D eigenvalue weighted by Crippen LogP contribution is 2.22. The summed E-state index contributed by atoms with van der Waals surface area (Å²) in [5, 5.41) is 0. The molecule has 1 heterocycles. The van der Waals surface area contributed by atoms with Gasteiger partial charge < -0.3 is 9.64 Å². The summed E-state index contributed by atoms with van der Waals surface area (Å²) in [4.78, 5) is 14.0. The van der Waals surface area contributed by atoms with Gasteiger partial charge >= 0.3 is 6.09 Å². The molecule has 0 unspecified atom stereocenters. The van der Waals surface area contributed by atoms with E-state index in [1.165, 1.54) is 0 Å². The van der Waals surface area contributed by atoms with Crippen molar-refractivity contribution in [1.29, 1.82) is 0 Å². The molecule has 1 aromatic rings. The van der Waals surface area contributed by atoms with Crippen LogP contribution in [0.25, 0.3) is 6.08 Å². The molecule has 0 radical (unpaired) electrons. The first-order valence-corrected chi connectivity index (χ1v) is 7.18. The maximum absolute atomic E-state index is 12.2. The van der Waals surface area contributed by atoms with E-state index in [1.807, 2.05) is 43.9 Å². The average Bonchev–Trinajstić information content (AvgIpc) is 2.84. The molecule has 0 aromatic heterocycles. The molecule has 1 fully saturated rings. The zero-order valence-corrected chi connectivity index (χ0v) is 12.5. The molecule has 3 heteroatoms. The summed E-state index contributed by atoms with van der Waals surface area (Å²) < 4.78 is 5.46. The molecule has 1 aliphatic heterocycles. The minimum atomic E-state index is -0.437. The van der Waals surface area contributed by atoms with Gasteiger partial charge in [0.2, 0.25) is 0 Å². The Bertz CT molecular complexity index is 474. The third kappa shape index (κ3) is 4.12. The van der Waals surface area contributed by atoms with E-state index in [1.54, 1.807) is 0 Å². The van der Waals surface area contributed by atoms with E-state index in [2.05, 4.69) is 24.3 Å². The van der Waals surface area contributed by atoms with E-state index >= 15 is 0 Å². The first-order chi connectivity index (χ1) is 9.46. The van der Waals surface area contributed by atoms with Gasteiger partial charge in [-0.3, -0.25) is 0 Å². The summed E-state index contributed by atoms with van der Waals surface area (Å²) in [6, 6.07) is 10.3. The van der Waals surface area contributed by atoms with Crippen molar-refractivity contribution in [2.45, 2.75) is 45.3 Å². The van der Waals surface area contributed by atoms with Crippen molar-refractivity contribution in [2.75, 3.05) is 6.54 Å². The lowest BCUT2D eigenvalue weighted by atomic mass is 10.1. The van der Waals surface area contributed by atoms with Gasteiger partial charge in [0, 0.05) is 6.54 Å². The summed E-state index contributed by atoms with van der Waals surface area (Å²) in [5.41, 5.74) is 0.719. The topological polar surface area (TPSA) is 29.5 Å². The molecular weight excluding hydrogens is 250 g/mol. The van der Waals surface area contributed by atoms with Crippen molar-refractivity contribution in [3.8, 4) is 0 Å². The Labute approximate surface area is 121 Å². The second kappa shape index (κ2) is 6.12. The Morgan fingerprint density at radius 2 is 2.00 bits per heavy atom. The van der Waals surface area contributed by atoms with Crippen molar-refractivity contribution in [1.82, 2.24) is 4.90 Å². The summed E-state index contributed by atoms with van der Waals surface area (Å²) in [6.45, 7) is 6.47. The highest BCUT2D eigenvalue weighted by Gasteiger charge is 2.30. The maximum Gasteiger partial charge on any atom is 0.410 e. The van der Waals surface area contributed by atoms with E-state index in [9.17, 15) is 4.79 Å². The smallest absolute Gasteiger partial charge is 0.410 e. The molecule has 2 rings (SSSR count). The number of hydrogen-bond acceptors (Lipinski definition) is 2. The SMILES string of the molecule is CC(C)(C)OC(=O)N1CCC[C@H]1C=Cc1ccccc1. The van der Waals surface area contributed by atoms with Crippen LogP contribution in [0.2, 0.25) is 0 Å². The van der Waals surface area contributed by atoms with Gasteiger partial charge in [0.15, 0.2) is 0 Å². The molecule has 1 amide bonds. The summed E-state index contributed by atoms with van der Waals surface area (Å²) in [5.74, 6) is 0. The lowest BCUT2D eigenvalue weighted by molar-refractivity contribution is 0.0256. The normalized spacial score (nSPS) is 19.6. The Hall–Kier alpha value is -1.77. The van der Waals surface area contributed by atoms with Crippen molar-refractivity contribution in [2.24, 2.45) is 0 Å². The summed E-state index contributed by atoms with van der Waals surface area (Å²) in [6.07, 6.45) is 6.00. The largest absolute Gasteiger partial charge is 0.444 e. The van der Waals surface area contributed by atoms with E-state index in [-0.39, 0.29) is 12.1 Å². The van der Waals surface area contributed by atoms with Crippen molar-refractivity contribution in [3.05, 3.63) is 42.0 Å². The van der Waals surface area contributed by atoms with Crippen LogP contribution in [0.4, 0.5) is 4.79 Å². The predicted octanol–water partition coefficient (Wildman–Crippen LogP) is 4.10. The second-order valence-corrected chi connectivity index (χ2v) is 6.15. The maximum atomic E-state index is 12.2. The van der Waals surface area contributed by atoms with Crippen LogP contribution >= 0.6 is 0 Å². The second-order valence-electron chi connectivity index (χ2n) is 6.15. The third-order valence-corrected chi connectivity index (χ3v) is 3.24. The lowest BCUT2D eigenvalue weighted by Gasteiger charge is -2.27. The van der Waals surface area contributed by atoms with Gasteiger partial charge in [-0.2, -0.15) is 0 Å². The van der Waals surface area contributed by atoms with Gasteiger partial charge in [-0.1, -0.05) is 42.5 Å². The average molecular weight is 273 g/mol. The Morgan fingerprint density at radius 1 is 1.30 bits per heavy atom. The van der Waals surface area contributed by atoms with Crippen LogP contribution in [-0.2, 0) is 4.74 Å². The van der Waals surface area contributed by atoms with Crippen LogP contribution < -0.4 is 0 Å². The number of hydrogen-bond donors (Lipinski definition) is 0. The molecule has 1 aliphatic rings. The van der Waals surface area contributed by atoms with Crippen molar-refractivity contribution in [3.63, 3.8) is 0 Å². The molecule has 1 aromatic carbocycles. The Kier molecular flexibility index (Phi) is 4.48. The Balaban J connectivity index is 2.01. The standard InChI is InChI=1S/C17H23NO2/c1-17(2,3)20-16(19)18-13-7-10-15(18)12-11-14-8-5-4-6-9-14/h4-6,8-9,11-12,15H,7,10,13H2,1-3H3/t15-/m0/s1. The first-order valence-electron chi connectivity index (χ1n) is 7.18. The van der Waals surface area contributed by atoms with Crippen LogP contribution in [0, 0.1) is 0 Å². The minimum Gasteiger partial charge on any atom is -0.444 e. The number of carbonyl (C=O) groups excluding carboxylic acids is 1. The fourth-order valence-electron chi connectivity index (χ4n) is 2.33. The van der Waals surface area contributed by atoms with Crippen LogP contribution in [0.5, 0.6) is 0 Å². The summed E-state index contributed by atoms with van der Waals surface area (Å²) >= 11 is 0. The van der Waals surface area contributed by atoms with Gasteiger partial charge in [0.25, 0.3) is 0 Å². The molecule has 1 atom stereocenters. The molecular formula is C17H23NO2. The van der Waals surface area contributed by atoms with Gasteiger partial charge in [-0.15, -0.1) is 0 Å². The molecule has 0 N–H and O–H groups in total. The van der Waals surface area contributed by atoms with Gasteiger partial charge in [0.05, 0.1) is 6.04 Å². The molecule has 3 nitrogen and oxygen atoms in total. The molecule has 1 saturated heterocycles. The number of amides is 1. The molecule has 0 spiro atoms. The van der Waals surface area contributed by atoms with Crippen molar-refractivity contribution >= 4 is 12.2 Å². The quantitative estimate of drug-likeness (QED) is 0.812. The highest BCUT2D eigenvalue weighted by molar-refractivity contribution is 5.69. The number of likely N-dealkylation sites (tertiary alicyclic amines) is 1. The molecule has 0 aliphatic carbocycles. The van der Waals surface area contributed by atoms with Crippen molar-refractivity contribution < 1.29 is 9.53 Å². The van der Waals surface area contributed by atoms with Gasteiger partial charge in [0.1, 0.15) is 5.60 Å². The molecule has 20 heavy (non-hydrogen) atoms. The van der Waals surface area contributed by atoms with E-state index in [0.717, 1.165) is 24.9 Å². The minimum absolute atomic E-state index is 0.144. The Morgan fingerprint density at radius 3 is 2.65 bits per heavy atom. The van der Waals surface area contributed by atoms with E-state index in [4.69, 9.17) is 4.74 Å². The predicted molar refractivity (Wildman–Crippen MR) is 81.4 cm³/mol. The van der Waals surface area contributed by atoms with Gasteiger partial charge in [-0.05, 0) is 39.2 Å². The lowest BCUT2D eigenvalue weighted by Crippen LogP contribution is -2.39. The number of ether oxygens (including phenoxy) is 1. The van der Waals surface area contributed by atoms with Crippen LogP contribution in [0.15, 0.2) is 36.4 Å². The third-order valence-electron chi connectivity index (χ3n) is 3.24.